The molecule has 0 radical (unpaired) electrons. The van der Waals surface area contributed by atoms with Crippen molar-refractivity contribution in [1.29, 1.82) is 0 Å². The van der Waals surface area contributed by atoms with Crippen LogP contribution < -0.4 is 0 Å². The fourth-order valence-corrected chi connectivity index (χ4v) is 2.25. The van der Waals surface area contributed by atoms with Crippen LogP contribution in [0.25, 0.3) is 0 Å². The van der Waals surface area contributed by atoms with Gasteiger partial charge in [-0.2, -0.15) is 0 Å². The van der Waals surface area contributed by atoms with Crippen LogP contribution in [-0.2, 0) is 16.5 Å². The topological polar surface area (TPSA) is 57.2 Å². The molecule has 0 fully saturated rings. The number of hydrogen-bond donors (Lipinski definition) is 0. The molecule has 0 saturated carbocycles. The van der Waals surface area contributed by atoms with E-state index in [2.05, 4.69) is 0 Å². The summed E-state index contributed by atoms with van der Waals surface area (Å²) in [4.78, 5) is -0.0817. The number of aryl methyl sites for hydroxylation is 1. The lowest BCUT2D eigenvalue weighted by molar-refractivity contribution is 0.461. The first-order valence-electron chi connectivity index (χ1n) is 4.86. The summed E-state index contributed by atoms with van der Waals surface area (Å²) in [5.74, 6) is 0.326. The van der Waals surface area contributed by atoms with Crippen molar-refractivity contribution in [3.63, 3.8) is 0 Å². The Morgan fingerprint density at radius 3 is 2.40 bits per heavy atom. The van der Waals surface area contributed by atoms with E-state index in [-0.39, 0.29) is 4.90 Å². The van der Waals surface area contributed by atoms with E-state index in [1.54, 1.807) is 12.1 Å². The van der Waals surface area contributed by atoms with Crippen molar-refractivity contribution in [2.45, 2.75) is 32.1 Å². The Kier molecular flexibility index (Phi) is 3.52. The molecule has 0 saturated heterocycles. The summed E-state index contributed by atoms with van der Waals surface area (Å²) in [6, 6.07) is 4.81. The van der Waals surface area contributed by atoms with Crippen molar-refractivity contribution in [1.82, 2.24) is 0 Å². The van der Waals surface area contributed by atoms with Gasteiger partial charge in [-0.15, -0.1) is 0 Å². The lowest BCUT2D eigenvalue weighted by atomic mass is 10.0. The minimum absolute atomic E-state index is 0.0817. The highest BCUT2D eigenvalue weighted by atomic mass is 32.2. The molecule has 0 amide bonds. The number of benzene rings is 1. The predicted octanol–water partition coefficient (Wildman–Crippen LogP) is 2.10. The standard InChI is InChI=1S/C11H16O3S/c1-8(2)6-10-7-9(3)4-5-11(10)15(12,13)14/h4-5,7-8H,6H2,1-3H3,(H,12,13,14)/p-1. The number of hydrogen-bond acceptors (Lipinski definition) is 3. The molecule has 15 heavy (non-hydrogen) atoms. The van der Waals surface area contributed by atoms with Crippen LogP contribution in [0.15, 0.2) is 23.1 Å². The van der Waals surface area contributed by atoms with Gasteiger partial charge in [0, 0.05) is 0 Å². The molecular weight excluding hydrogens is 212 g/mol. The Morgan fingerprint density at radius 1 is 1.33 bits per heavy atom. The Hall–Kier alpha value is -0.870. The van der Waals surface area contributed by atoms with Gasteiger partial charge >= 0.3 is 0 Å². The highest BCUT2D eigenvalue weighted by Gasteiger charge is 2.10. The molecule has 0 bridgehead atoms. The van der Waals surface area contributed by atoms with Crippen LogP contribution in [0.4, 0.5) is 0 Å². The zero-order chi connectivity index (χ0) is 11.6. The third-order valence-corrected chi connectivity index (χ3v) is 3.05. The molecule has 84 valence electrons. The van der Waals surface area contributed by atoms with Gasteiger partial charge in [0.15, 0.2) is 0 Å². The second-order valence-electron chi connectivity index (χ2n) is 4.16. The maximum absolute atomic E-state index is 11.0. The average Bonchev–Trinajstić information content (AvgIpc) is 1.99. The molecule has 1 aromatic rings. The van der Waals surface area contributed by atoms with Crippen molar-refractivity contribution in [2.75, 3.05) is 0 Å². The summed E-state index contributed by atoms with van der Waals surface area (Å²) in [5.41, 5.74) is 1.60. The second-order valence-corrected chi connectivity index (χ2v) is 5.51. The highest BCUT2D eigenvalue weighted by molar-refractivity contribution is 7.85. The minimum atomic E-state index is -4.35. The van der Waals surface area contributed by atoms with Crippen LogP contribution in [0.1, 0.15) is 25.0 Å². The van der Waals surface area contributed by atoms with Crippen LogP contribution in [-0.4, -0.2) is 13.0 Å². The summed E-state index contributed by atoms with van der Waals surface area (Å²) in [5, 5.41) is 0. The van der Waals surface area contributed by atoms with Gasteiger partial charge in [-0.3, -0.25) is 0 Å². The molecule has 0 spiro atoms. The SMILES string of the molecule is Cc1ccc(S(=O)(=O)[O-])c(CC(C)C)c1. The van der Waals surface area contributed by atoms with Gasteiger partial charge in [0.25, 0.3) is 0 Å². The van der Waals surface area contributed by atoms with Gasteiger partial charge < -0.3 is 4.55 Å². The first-order valence-corrected chi connectivity index (χ1v) is 6.27. The Labute approximate surface area is 90.9 Å². The van der Waals surface area contributed by atoms with E-state index in [1.807, 2.05) is 20.8 Å². The minimum Gasteiger partial charge on any atom is -0.744 e. The summed E-state index contributed by atoms with van der Waals surface area (Å²) in [6.45, 7) is 5.86. The number of rotatable bonds is 3. The molecule has 4 heteroatoms. The van der Waals surface area contributed by atoms with Gasteiger partial charge in [-0.05, 0) is 30.9 Å². The molecule has 0 unspecified atom stereocenters. The van der Waals surface area contributed by atoms with Crippen molar-refractivity contribution in [3.05, 3.63) is 29.3 Å². The molecule has 1 rings (SSSR count). The average molecular weight is 227 g/mol. The summed E-state index contributed by atoms with van der Waals surface area (Å²) < 4.78 is 33.0. The Bertz CT molecular complexity index is 447. The largest absolute Gasteiger partial charge is 0.744 e. The molecular formula is C11H15O3S-. The van der Waals surface area contributed by atoms with E-state index in [0.29, 0.717) is 17.9 Å². The van der Waals surface area contributed by atoms with E-state index in [0.717, 1.165) is 5.56 Å². The molecule has 0 aliphatic rings. The lowest BCUT2D eigenvalue weighted by Gasteiger charge is -2.15. The maximum Gasteiger partial charge on any atom is 0.124 e. The van der Waals surface area contributed by atoms with Gasteiger partial charge in [0.1, 0.15) is 10.1 Å². The molecule has 0 N–H and O–H groups in total. The van der Waals surface area contributed by atoms with Gasteiger partial charge in [-0.25, -0.2) is 8.42 Å². The zero-order valence-corrected chi connectivity index (χ0v) is 9.97. The summed E-state index contributed by atoms with van der Waals surface area (Å²) in [7, 11) is -4.35. The van der Waals surface area contributed by atoms with Crippen LogP contribution >= 0.6 is 0 Å². The van der Waals surface area contributed by atoms with E-state index in [9.17, 15) is 13.0 Å². The van der Waals surface area contributed by atoms with Crippen molar-refractivity contribution in [3.8, 4) is 0 Å². The molecule has 3 nitrogen and oxygen atoms in total. The first-order chi connectivity index (χ1) is 6.80. The van der Waals surface area contributed by atoms with Crippen LogP contribution in [0.2, 0.25) is 0 Å². The first kappa shape index (κ1) is 12.2. The predicted molar refractivity (Wildman–Crippen MR) is 57.7 cm³/mol. The lowest BCUT2D eigenvalue weighted by Crippen LogP contribution is -2.06. The van der Waals surface area contributed by atoms with Crippen LogP contribution in [0.5, 0.6) is 0 Å². The van der Waals surface area contributed by atoms with E-state index >= 15 is 0 Å². The van der Waals surface area contributed by atoms with Gasteiger partial charge in [0.2, 0.25) is 0 Å². The fraction of sp³-hybridized carbons (Fsp3) is 0.455. The molecule has 0 atom stereocenters. The Balaban J connectivity index is 3.27. The molecule has 0 aliphatic carbocycles. The van der Waals surface area contributed by atoms with E-state index < -0.39 is 10.1 Å². The van der Waals surface area contributed by atoms with Crippen molar-refractivity contribution >= 4 is 10.1 Å². The fourth-order valence-electron chi connectivity index (χ4n) is 1.55. The van der Waals surface area contributed by atoms with Crippen LogP contribution in [0.3, 0.4) is 0 Å². The molecule has 0 aliphatic heterocycles. The Morgan fingerprint density at radius 2 is 1.93 bits per heavy atom. The third-order valence-electron chi connectivity index (χ3n) is 2.11. The van der Waals surface area contributed by atoms with Gasteiger partial charge in [0.05, 0.1) is 4.90 Å². The summed E-state index contributed by atoms with van der Waals surface area (Å²) in [6.07, 6.45) is 0.610. The van der Waals surface area contributed by atoms with Crippen molar-refractivity contribution < 1.29 is 13.0 Å². The third kappa shape index (κ3) is 3.32. The zero-order valence-electron chi connectivity index (χ0n) is 9.15. The van der Waals surface area contributed by atoms with Crippen LogP contribution in [0, 0.1) is 12.8 Å². The smallest absolute Gasteiger partial charge is 0.124 e. The highest BCUT2D eigenvalue weighted by Crippen LogP contribution is 2.20. The molecule has 0 aromatic heterocycles. The molecule has 0 heterocycles. The van der Waals surface area contributed by atoms with E-state index in [1.165, 1.54) is 6.07 Å². The quantitative estimate of drug-likeness (QED) is 0.743. The second kappa shape index (κ2) is 4.33. The monoisotopic (exact) mass is 227 g/mol. The van der Waals surface area contributed by atoms with Gasteiger partial charge in [-0.1, -0.05) is 31.5 Å². The normalized spacial score (nSPS) is 12.1. The molecule has 1 aromatic carbocycles. The van der Waals surface area contributed by atoms with E-state index in [4.69, 9.17) is 0 Å². The summed E-state index contributed by atoms with van der Waals surface area (Å²) >= 11 is 0. The maximum atomic E-state index is 11.0. The van der Waals surface area contributed by atoms with Crippen molar-refractivity contribution in [2.24, 2.45) is 5.92 Å².